The quantitative estimate of drug-likeness (QED) is 0.890. The van der Waals surface area contributed by atoms with Gasteiger partial charge in [0.1, 0.15) is 12.1 Å². The van der Waals surface area contributed by atoms with Crippen molar-refractivity contribution in [1.29, 1.82) is 0 Å². The Labute approximate surface area is 130 Å². The summed E-state index contributed by atoms with van der Waals surface area (Å²) in [4.78, 5) is 7.02. The topological polar surface area (TPSA) is 41.3 Å². The Morgan fingerprint density at radius 1 is 1.36 bits per heavy atom. The van der Waals surface area contributed by atoms with E-state index in [-0.39, 0.29) is 5.82 Å². The van der Waals surface area contributed by atoms with Crippen molar-refractivity contribution in [2.75, 3.05) is 19.6 Å². The molecule has 0 aliphatic carbocycles. The number of hydrogen-bond acceptors (Lipinski definition) is 4. The Balaban J connectivity index is 1.70. The number of benzene rings is 1. The van der Waals surface area contributed by atoms with Crippen LogP contribution < -0.4 is 5.32 Å². The normalized spacial score (nSPS) is 18.2. The standard InChI is InChI=1S/C17H22FN3O/c1-2-9-21(16-7-8-19-10-16)11-15-12-22-17(20-15)13-3-5-14(18)6-4-13/h3-6,12,16,19H,2,7-11H2,1H3. The number of oxazole rings is 1. The Kier molecular flexibility index (Phi) is 4.85. The van der Waals surface area contributed by atoms with Crippen LogP contribution in [0.25, 0.3) is 11.5 Å². The zero-order chi connectivity index (χ0) is 15.4. The van der Waals surface area contributed by atoms with Crippen LogP contribution in [0.1, 0.15) is 25.5 Å². The van der Waals surface area contributed by atoms with Gasteiger partial charge in [-0.1, -0.05) is 6.92 Å². The molecular formula is C17H22FN3O. The molecule has 0 radical (unpaired) electrons. The van der Waals surface area contributed by atoms with E-state index < -0.39 is 0 Å². The van der Waals surface area contributed by atoms with Crippen molar-refractivity contribution in [3.8, 4) is 11.5 Å². The van der Waals surface area contributed by atoms with Crippen LogP contribution in [0.5, 0.6) is 0 Å². The summed E-state index contributed by atoms with van der Waals surface area (Å²) in [5.41, 5.74) is 1.73. The van der Waals surface area contributed by atoms with Crippen molar-refractivity contribution in [3.05, 3.63) is 42.0 Å². The summed E-state index contributed by atoms with van der Waals surface area (Å²) in [6, 6.07) is 6.80. The second kappa shape index (κ2) is 7.03. The van der Waals surface area contributed by atoms with E-state index in [0.29, 0.717) is 11.9 Å². The molecule has 2 aromatic rings. The maximum atomic E-state index is 13.0. The summed E-state index contributed by atoms with van der Waals surface area (Å²) < 4.78 is 18.5. The Morgan fingerprint density at radius 3 is 2.86 bits per heavy atom. The van der Waals surface area contributed by atoms with E-state index in [1.165, 1.54) is 18.6 Å². The SMILES string of the molecule is CCCN(Cc1coc(-c2ccc(F)cc2)n1)C1CCNC1. The van der Waals surface area contributed by atoms with E-state index in [1.807, 2.05) is 0 Å². The first kappa shape index (κ1) is 15.2. The van der Waals surface area contributed by atoms with Gasteiger partial charge in [-0.25, -0.2) is 9.37 Å². The van der Waals surface area contributed by atoms with E-state index in [4.69, 9.17) is 4.42 Å². The van der Waals surface area contributed by atoms with Gasteiger partial charge in [0, 0.05) is 24.7 Å². The number of nitrogens with zero attached hydrogens (tertiary/aromatic N) is 2. The predicted molar refractivity (Wildman–Crippen MR) is 83.9 cm³/mol. The zero-order valence-electron chi connectivity index (χ0n) is 12.9. The third kappa shape index (κ3) is 3.54. The fourth-order valence-corrected chi connectivity index (χ4v) is 2.94. The lowest BCUT2D eigenvalue weighted by atomic mass is 10.2. The van der Waals surface area contributed by atoms with Gasteiger partial charge in [-0.3, -0.25) is 4.90 Å². The van der Waals surface area contributed by atoms with Crippen molar-refractivity contribution in [2.45, 2.75) is 32.4 Å². The fourth-order valence-electron chi connectivity index (χ4n) is 2.94. The highest BCUT2D eigenvalue weighted by Crippen LogP contribution is 2.20. The lowest BCUT2D eigenvalue weighted by molar-refractivity contribution is 0.197. The Bertz CT molecular complexity index is 590. The highest BCUT2D eigenvalue weighted by Gasteiger charge is 2.22. The summed E-state index contributed by atoms with van der Waals surface area (Å²) in [6.07, 6.45) is 4.02. The summed E-state index contributed by atoms with van der Waals surface area (Å²) >= 11 is 0. The van der Waals surface area contributed by atoms with Crippen molar-refractivity contribution in [3.63, 3.8) is 0 Å². The monoisotopic (exact) mass is 303 g/mol. The minimum atomic E-state index is -0.251. The molecule has 3 rings (SSSR count). The summed E-state index contributed by atoms with van der Waals surface area (Å²) in [7, 11) is 0. The highest BCUT2D eigenvalue weighted by atomic mass is 19.1. The maximum absolute atomic E-state index is 13.0. The highest BCUT2D eigenvalue weighted by molar-refractivity contribution is 5.52. The minimum Gasteiger partial charge on any atom is -0.444 e. The van der Waals surface area contributed by atoms with Gasteiger partial charge in [0.15, 0.2) is 0 Å². The van der Waals surface area contributed by atoms with Crippen LogP contribution in [0.2, 0.25) is 0 Å². The molecule has 0 saturated carbocycles. The second-order valence-electron chi connectivity index (χ2n) is 5.77. The molecule has 5 heteroatoms. The third-order valence-electron chi connectivity index (χ3n) is 4.07. The van der Waals surface area contributed by atoms with Gasteiger partial charge in [0.25, 0.3) is 0 Å². The lowest BCUT2D eigenvalue weighted by Crippen LogP contribution is -2.37. The van der Waals surface area contributed by atoms with E-state index in [1.54, 1.807) is 18.4 Å². The molecule has 0 bridgehead atoms. The minimum absolute atomic E-state index is 0.251. The average molecular weight is 303 g/mol. The van der Waals surface area contributed by atoms with Crippen LogP contribution in [0.4, 0.5) is 4.39 Å². The Morgan fingerprint density at radius 2 is 2.18 bits per heavy atom. The Hall–Kier alpha value is -1.72. The van der Waals surface area contributed by atoms with Gasteiger partial charge in [-0.05, 0) is 50.2 Å². The first-order valence-electron chi connectivity index (χ1n) is 7.91. The third-order valence-corrected chi connectivity index (χ3v) is 4.07. The van der Waals surface area contributed by atoms with E-state index in [9.17, 15) is 4.39 Å². The fraction of sp³-hybridized carbons (Fsp3) is 0.471. The van der Waals surface area contributed by atoms with Crippen LogP contribution >= 0.6 is 0 Å². The van der Waals surface area contributed by atoms with Gasteiger partial charge in [-0.15, -0.1) is 0 Å². The molecule has 1 atom stereocenters. The van der Waals surface area contributed by atoms with Crippen LogP contribution in [-0.2, 0) is 6.54 Å². The van der Waals surface area contributed by atoms with E-state index in [0.717, 1.165) is 43.9 Å². The number of aromatic nitrogens is 1. The van der Waals surface area contributed by atoms with Gasteiger partial charge in [-0.2, -0.15) is 0 Å². The molecule has 1 aromatic carbocycles. The number of nitrogens with one attached hydrogen (secondary N) is 1. The van der Waals surface area contributed by atoms with Crippen molar-refractivity contribution < 1.29 is 8.81 Å². The van der Waals surface area contributed by atoms with Gasteiger partial charge >= 0.3 is 0 Å². The van der Waals surface area contributed by atoms with Crippen molar-refractivity contribution in [1.82, 2.24) is 15.2 Å². The molecule has 0 amide bonds. The van der Waals surface area contributed by atoms with Crippen molar-refractivity contribution in [2.24, 2.45) is 0 Å². The van der Waals surface area contributed by atoms with Crippen LogP contribution in [0, 0.1) is 5.82 Å². The van der Waals surface area contributed by atoms with E-state index in [2.05, 4.69) is 22.1 Å². The zero-order valence-corrected chi connectivity index (χ0v) is 12.9. The van der Waals surface area contributed by atoms with Crippen LogP contribution in [0.3, 0.4) is 0 Å². The molecule has 4 nitrogen and oxygen atoms in total. The van der Waals surface area contributed by atoms with Crippen LogP contribution in [-0.4, -0.2) is 35.6 Å². The maximum Gasteiger partial charge on any atom is 0.226 e. The number of hydrogen-bond donors (Lipinski definition) is 1. The largest absolute Gasteiger partial charge is 0.444 e. The smallest absolute Gasteiger partial charge is 0.226 e. The van der Waals surface area contributed by atoms with Gasteiger partial charge in [0.2, 0.25) is 5.89 Å². The lowest BCUT2D eigenvalue weighted by Gasteiger charge is -2.26. The van der Waals surface area contributed by atoms with Crippen LogP contribution in [0.15, 0.2) is 34.9 Å². The molecule has 1 N–H and O–H groups in total. The molecule has 2 heterocycles. The first-order valence-corrected chi connectivity index (χ1v) is 7.91. The average Bonchev–Trinajstić information content (AvgIpc) is 3.19. The van der Waals surface area contributed by atoms with Gasteiger partial charge < -0.3 is 9.73 Å². The van der Waals surface area contributed by atoms with Gasteiger partial charge in [0.05, 0.1) is 5.69 Å². The molecule has 22 heavy (non-hydrogen) atoms. The molecule has 1 aliphatic rings. The number of rotatable bonds is 6. The molecule has 0 spiro atoms. The summed E-state index contributed by atoms with van der Waals surface area (Å²) in [6.45, 7) is 6.19. The molecule has 1 fully saturated rings. The first-order chi connectivity index (χ1) is 10.8. The molecule has 118 valence electrons. The molecule has 1 saturated heterocycles. The second-order valence-corrected chi connectivity index (χ2v) is 5.77. The predicted octanol–water partition coefficient (Wildman–Crippen LogP) is 3.05. The summed E-state index contributed by atoms with van der Waals surface area (Å²) in [5.74, 6) is 0.300. The molecule has 1 aromatic heterocycles. The molecular weight excluding hydrogens is 281 g/mol. The molecule has 1 aliphatic heterocycles. The summed E-state index contributed by atoms with van der Waals surface area (Å²) in [5, 5.41) is 3.41. The van der Waals surface area contributed by atoms with Crippen molar-refractivity contribution >= 4 is 0 Å². The molecule has 1 unspecified atom stereocenters. The number of halogens is 1. The van der Waals surface area contributed by atoms with E-state index >= 15 is 0 Å².